The van der Waals surface area contributed by atoms with Gasteiger partial charge in [0.2, 0.25) is 0 Å². The van der Waals surface area contributed by atoms with E-state index in [2.05, 4.69) is 169 Å². The van der Waals surface area contributed by atoms with Crippen molar-refractivity contribution in [3.63, 3.8) is 0 Å². The van der Waals surface area contributed by atoms with E-state index in [0.717, 1.165) is 25.7 Å². The fourth-order valence-corrected chi connectivity index (χ4v) is 9.29. The van der Waals surface area contributed by atoms with E-state index in [9.17, 15) is 0 Å². The molecule has 2 aliphatic carbocycles. The summed E-state index contributed by atoms with van der Waals surface area (Å²) < 4.78 is 2.72. The summed E-state index contributed by atoms with van der Waals surface area (Å²) in [5.41, 5.74) is 11.7. The van der Waals surface area contributed by atoms with E-state index in [4.69, 9.17) is 0 Å². The maximum absolute atomic E-state index is 2.50. The van der Waals surface area contributed by atoms with Crippen LogP contribution < -0.4 is 4.90 Å². The highest BCUT2D eigenvalue weighted by Gasteiger charge is 2.21. The van der Waals surface area contributed by atoms with Gasteiger partial charge in [-0.05, 0) is 123 Å². The van der Waals surface area contributed by atoms with Gasteiger partial charge >= 0.3 is 0 Å². The molecule has 0 saturated carbocycles. The van der Waals surface area contributed by atoms with Crippen molar-refractivity contribution in [3.8, 4) is 11.1 Å². The average molecular weight is 658 g/mol. The van der Waals surface area contributed by atoms with E-state index >= 15 is 0 Å². The van der Waals surface area contributed by atoms with Gasteiger partial charge in [0.25, 0.3) is 0 Å². The molecular formula is C48H35NS. The summed E-state index contributed by atoms with van der Waals surface area (Å²) in [6.45, 7) is 0. The first-order valence-corrected chi connectivity index (χ1v) is 18.5. The molecule has 0 fully saturated rings. The van der Waals surface area contributed by atoms with E-state index in [0.29, 0.717) is 0 Å². The first-order valence-electron chi connectivity index (χ1n) is 17.7. The second-order valence-electron chi connectivity index (χ2n) is 13.6. The Hall–Kier alpha value is -5.70. The van der Waals surface area contributed by atoms with Crippen LogP contribution >= 0.6 is 11.3 Å². The van der Waals surface area contributed by atoms with Gasteiger partial charge in [0, 0.05) is 37.2 Å². The predicted octanol–water partition coefficient (Wildman–Crippen LogP) is 13.9. The van der Waals surface area contributed by atoms with Gasteiger partial charge in [0.05, 0.1) is 0 Å². The van der Waals surface area contributed by atoms with Crippen LogP contribution in [0.25, 0.3) is 64.5 Å². The lowest BCUT2D eigenvalue weighted by molar-refractivity contribution is 0.930. The van der Waals surface area contributed by atoms with Gasteiger partial charge in [0.15, 0.2) is 0 Å². The third-order valence-corrected chi connectivity index (χ3v) is 11.7. The van der Waals surface area contributed by atoms with Crippen LogP contribution in [0.15, 0.2) is 163 Å². The standard InChI is InChI=1S/C48H35NS/c1-2-9-32(10-3-1)37-13-8-14-40(29-37)49(41-26-21-36-18-17-34-11-4-6-15-42(34)45(36)31-41)39-24-19-33(20-25-39)38-22-27-44-47(30-38)50-46-28-23-35-12-5-7-16-43(35)48(44)46/h1-5,7-14,16-19,21-24,26-31H,6,15,20,25H2. The van der Waals surface area contributed by atoms with Crippen molar-refractivity contribution in [1.29, 1.82) is 0 Å². The van der Waals surface area contributed by atoms with Crippen LogP contribution in [0, 0.1) is 0 Å². The highest BCUT2D eigenvalue weighted by Crippen LogP contribution is 2.43. The van der Waals surface area contributed by atoms with Crippen LogP contribution in [0.1, 0.15) is 36.0 Å². The van der Waals surface area contributed by atoms with Gasteiger partial charge in [-0.1, -0.05) is 121 Å². The van der Waals surface area contributed by atoms with Crippen molar-refractivity contribution in [2.75, 3.05) is 4.90 Å². The van der Waals surface area contributed by atoms with E-state index in [-0.39, 0.29) is 0 Å². The first kappa shape index (κ1) is 29.2. The van der Waals surface area contributed by atoms with E-state index in [1.165, 1.54) is 92.2 Å². The number of nitrogens with zero attached hydrogens (tertiary/aromatic N) is 1. The molecule has 7 aromatic carbocycles. The minimum Gasteiger partial charge on any atom is -0.314 e. The Morgan fingerprint density at radius 3 is 2.24 bits per heavy atom. The second-order valence-corrected chi connectivity index (χ2v) is 14.6. The number of benzene rings is 7. The molecule has 0 radical (unpaired) electrons. The summed E-state index contributed by atoms with van der Waals surface area (Å²) >= 11 is 1.91. The SMILES string of the molecule is C1=Cc2ccc3ccc(N(C4=CC=C(c5ccc6c(c5)sc5ccc7ccccc7c56)CC4)c4cccc(-c5ccccc5)c4)cc3c2CC1. The summed E-state index contributed by atoms with van der Waals surface area (Å²) in [6, 6.07) is 51.8. The Bertz CT molecular complexity index is 2710. The zero-order valence-electron chi connectivity index (χ0n) is 27.8. The molecule has 1 heterocycles. The molecule has 10 rings (SSSR count). The topological polar surface area (TPSA) is 3.24 Å². The number of allylic oxidation sites excluding steroid dienone is 5. The Morgan fingerprint density at radius 1 is 0.500 bits per heavy atom. The Balaban J connectivity index is 1.08. The fourth-order valence-electron chi connectivity index (χ4n) is 8.13. The lowest BCUT2D eigenvalue weighted by atomic mass is 9.91. The smallest absolute Gasteiger partial charge is 0.0464 e. The lowest BCUT2D eigenvalue weighted by Gasteiger charge is -2.31. The van der Waals surface area contributed by atoms with Gasteiger partial charge in [-0.15, -0.1) is 11.3 Å². The van der Waals surface area contributed by atoms with Crippen LogP contribution in [-0.4, -0.2) is 0 Å². The number of thiophene rings is 1. The minimum atomic E-state index is 0.962. The normalized spacial score (nSPS) is 14.2. The lowest BCUT2D eigenvalue weighted by Crippen LogP contribution is -2.18. The van der Waals surface area contributed by atoms with Crippen molar-refractivity contribution in [2.24, 2.45) is 0 Å². The van der Waals surface area contributed by atoms with Crippen molar-refractivity contribution in [1.82, 2.24) is 0 Å². The molecule has 50 heavy (non-hydrogen) atoms. The second kappa shape index (κ2) is 12.0. The van der Waals surface area contributed by atoms with E-state index < -0.39 is 0 Å². The molecule has 0 bridgehead atoms. The predicted molar refractivity (Wildman–Crippen MR) is 217 cm³/mol. The van der Waals surface area contributed by atoms with Gasteiger partial charge in [0.1, 0.15) is 0 Å². The maximum atomic E-state index is 2.50. The zero-order valence-corrected chi connectivity index (χ0v) is 28.6. The average Bonchev–Trinajstić information content (AvgIpc) is 3.57. The molecular weight excluding hydrogens is 623 g/mol. The van der Waals surface area contributed by atoms with Crippen LogP contribution in [0.2, 0.25) is 0 Å². The molecule has 2 aliphatic rings. The Kier molecular flexibility index (Phi) is 7.03. The number of aryl methyl sites for hydroxylation is 1. The summed E-state index contributed by atoms with van der Waals surface area (Å²) in [5, 5.41) is 8.07. The molecule has 0 aliphatic heterocycles. The Morgan fingerprint density at radius 2 is 1.32 bits per heavy atom. The number of fused-ring (bicyclic) bond motifs is 8. The third-order valence-electron chi connectivity index (χ3n) is 10.6. The van der Waals surface area contributed by atoms with E-state index in [1.54, 1.807) is 0 Å². The molecule has 0 atom stereocenters. The molecule has 8 aromatic rings. The van der Waals surface area contributed by atoms with Crippen LogP contribution in [0.5, 0.6) is 0 Å². The van der Waals surface area contributed by atoms with Crippen molar-refractivity contribution < 1.29 is 0 Å². The summed E-state index contributed by atoms with van der Waals surface area (Å²) in [5.74, 6) is 0. The summed E-state index contributed by atoms with van der Waals surface area (Å²) in [4.78, 5) is 2.50. The summed E-state index contributed by atoms with van der Waals surface area (Å²) in [7, 11) is 0. The number of hydrogen-bond acceptors (Lipinski definition) is 2. The van der Waals surface area contributed by atoms with Crippen LogP contribution in [0.3, 0.4) is 0 Å². The van der Waals surface area contributed by atoms with Crippen LogP contribution in [0.4, 0.5) is 11.4 Å². The molecule has 0 unspecified atom stereocenters. The highest BCUT2D eigenvalue weighted by molar-refractivity contribution is 7.26. The number of rotatable bonds is 5. The van der Waals surface area contributed by atoms with Gasteiger partial charge < -0.3 is 4.90 Å². The monoisotopic (exact) mass is 657 g/mol. The third kappa shape index (κ3) is 4.99. The molecule has 0 N–H and O–H groups in total. The van der Waals surface area contributed by atoms with Crippen molar-refractivity contribution in [2.45, 2.75) is 25.7 Å². The number of anilines is 2. The molecule has 238 valence electrons. The minimum absolute atomic E-state index is 0.962. The quantitative estimate of drug-likeness (QED) is 0.178. The largest absolute Gasteiger partial charge is 0.314 e. The maximum Gasteiger partial charge on any atom is 0.0464 e. The highest BCUT2D eigenvalue weighted by atomic mass is 32.1. The van der Waals surface area contributed by atoms with Gasteiger partial charge in [-0.25, -0.2) is 0 Å². The van der Waals surface area contributed by atoms with Gasteiger partial charge in [-0.2, -0.15) is 0 Å². The molecule has 1 aromatic heterocycles. The molecule has 0 amide bonds. The molecule has 0 saturated heterocycles. The zero-order chi connectivity index (χ0) is 33.0. The first-order chi connectivity index (χ1) is 24.8. The molecule has 2 heteroatoms. The molecule has 1 nitrogen and oxygen atoms in total. The van der Waals surface area contributed by atoms with Crippen molar-refractivity contribution in [3.05, 3.63) is 180 Å². The van der Waals surface area contributed by atoms with Crippen LogP contribution in [-0.2, 0) is 6.42 Å². The number of hydrogen-bond donors (Lipinski definition) is 0. The van der Waals surface area contributed by atoms with E-state index in [1.807, 2.05) is 11.3 Å². The fraction of sp³-hybridized carbons (Fsp3) is 0.0833. The van der Waals surface area contributed by atoms with Crippen molar-refractivity contribution >= 4 is 76.1 Å². The summed E-state index contributed by atoms with van der Waals surface area (Å²) in [6.07, 6.45) is 13.5. The Labute approximate surface area is 296 Å². The van der Waals surface area contributed by atoms with Gasteiger partial charge in [-0.3, -0.25) is 0 Å². The molecule has 0 spiro atoms.